The van der Waals surface area contributed by atoms with E-state index in [1.807, 2.05) is 19.1 Å². The van der Waals surface area contributed by atoms with Gasteiger partial charge in [0.25, 0.3) is 0 Å². The summed E-state index contributed by atoms with van der Waals surface area (Å²) in [5.74, 6) is -0.995. The number of nitrogens with zero attached hydrogens (tertiary/aromatic N) is 6. The first-order valence-electron chi connectivity index (χ1n) is 14.8. The Morgan fingerprint density at radius 2 is 2.05 bits per heavy atom. The number of aromatic hydroxyl groups is 1. The minimum Gasteiger partial charge on any atom is -0.493 e. The van der Waals surface area contributed by atoms with E-state index in [9.17, 15) is 9.50 Å². The lowest BCUT2D eigenvalue weighted by Crippen LogP contribution is -2.43. The number of hydrogen-bond donors (Lipinski definition) is 1. The second-order valence-corrected chi connectivity index (χ2v) is 12.3. The fourth-order valence-corrected chi connectivity index (χ4v) is 7.40. The third kappa shape index (κ3) is 4.32. The quantitative estimate of drug-likeness (QED) is 0.256. The van der Waals surface area contributed by atoms with E-state index in [1.165, 1.54) is 6.07 Å². The number of aromatic nitrogens is 5. The Bertz CT molecular complexity index is 1970. The van der Waals surface area contributed by atoms with Crippen molar-refractivity contribution in [2.75, 3.05) is 26.3 Å². The van der Waals surface area contributed by atoms with Crippen molar-refractivity contribution >= 4 is 33.4 Å². The summed E-state index contributed by atoms with van der Waals surface area (Å²) in [4.78, 5) is 20.2. The molecule has 5 aromatic rings. The number of ether oxygens (including phenoxy) is 2. The molecule has 44 heavy (non-hydrogen) atoms. The number of rotatable bonds is 5. The van der Waals surface area contributed by atoms with Crippen molar-refractivity contribution in [2.45, 2.75) is 51.0 Å². The predicted octanol–water partition coefficient (Wildman–Crippen LogP) is 6.00. The molecule has 7 heterocycles. The smallest absolute Gasteiger partial charge is 0.317 e. The third-order valence-electron chi connectivity index (χ3n) is 9.26. The average Bonchev–Trinajstić information content (AvgIpc) is 3.70. The molecule has 2 atom stereocenters. The molecule has 3 aliphatic rings. The molecule has 0 radical (unpaired) electrons. The van der Waals surface area contributed by atoms with Gasteiger partial charge in [-0.25, -0.2) is 13.8 Å². The summed E-state index contributed by atoms with van der Waals surface area (Å²) >= 11 is 6.69. The Labute approximate surface area is 256 Å². The van der Waals surface area contributed by atoms with Crippen LogP contribution in [0.4, 0.5) is 8.78 Å². The van der Waals surface area contributed by atoms with Gasteiger partial charge in [0.05, 0.1) is 35.0 Å². The highest BCUT2D eigenvalue weighted by Crippen LogP contribution is 2.42. The molecule has 4 aromatic heterocycles. The van der Waals surface area contributed by atoms with Crippen LogP contribution in [0.1, 0.15) is 30.5 Å². The second kappa shape index (κ2) is 10.3. The van der Waals surface area contributed by atoms with Gasteiger partial charge in [-0.05, 0) is 50.1 Å². The summed E-state index contributed by atoms with van der Waals surface area (Å²) in [5, 5.41) is 11.7. The van der Waals surface area contributed by atoms with Crippen molar-refractivity contribution in [1.82, 2.24) is 29.4 Å². The number of alkyl halides is 1. The number of benzene rings is 1. The molecule has 1 N–H and O–H groups in total. The highest BCUT2D eigenvalue weighted by atomic mass is 35.5. The van der Waals surface area contributed by atoms with Gasteiger partial charge in [0.1, 0.15) is 29.7 Å². The van der Waals surface area contributed by atoms with E-state index in [0.717, 1.165) is 36.3 Å². The standard InChI is InChI=1S/C32H29ClF2N6O3/c1-17-3-5-22-25(26(17)33)20(11-24(42)37-22)29-27(35)30-21(13-36-29)28(23-6-4-19-15-43-10-9-41(19)23)38-31(39-30)44-16-32-7-2-8-40(32)14-18(34)12-32/h3-6,11,13,18H,2,7-10,12,14-16H2,1H3,(H,37,42)/t18-,32+/m1/s1. The molecule has 0 aliphatic carbocycles. The van der Waals surface area contributed by atoms with Crippen LogP contribution in [0.3, 0.4) is 0 Å². The average molecular weight is 619 g/mol. The number of fused-ring (bicyclic) bond motifs is 4. The van der Waals surface area contributed by atoms with E-state index < -0.39 is 17.5 Å². The Kier molecular flexibility index (Phi) is 6.48. The molecule has 12 heteroatoms. The summed E-state index contributed by atoms with van der Waals surface area (Å²) in [5.41, 5.74) is 3.26. The fourth-order valence-electron chi connectivity index (χ4n) is 7.13. The van der Waals surface area contributed by atoms with E-state index in [0.29, 0.717) is 65.3 Å². The van der Waals surface area contributed by atoms with E-state index in [1.54, 1.807) is 18.3 Å². The largest absolute Gasteiger partial charge is 0.493 e. The molecule has 0 spiro atoms. The molecular weight excluding hydrogens is 590 g/mol. The monoisotopic (exact) mass is 618 g/mol. The summed E-state index contributed by atoms with van der Waals surface area (Å²) < 4.78 is 45.2. The van der Waals surface area contributed by atoms with Gasteiger partial charge < -0.3 is 19.1 Å². The van der Waals surface area contributed by atoms with Crippen LogP contribution in [0.2, 0.25) is 5.02 Å². The number of halogens is 3. The van der Waals surface area contributed by atoms with E-state index in [-0.39, 0.29) is 29.7 Å². The van der Waals surface area contributed by atoms with Gasteiger partial charge in [-0.1, -0.05) is 17.7 Å². The first-order valence-corrected chi connectivity index (χ1v) is 15.1. The van der Waals surface area contributed by atoms with Crippen molar-refractivity contribution in [1.29, 1.82) is 0 Å². The van der Waals surface area contributed by atoms with Crippen molar-refractivity contribution in [3.8, 4) is 34.5 Å². The van der Waals surface area contributed by atoms with Crippen LogP contribution in [-0.4, -0.2) is 72.5 Å². The summed E-state index contributed by atoms with van der Waals surface area (Å²) in [6.45, 7) is 4.88. The number of hydrogen-bond acceptors (Lipinski definition) is 8. The normalized spacial score (nSPS) is 21.7. The topological polar surface area (TPSA) is 98.4 Å². The molecule has 0 saturated carbocycles. The van der Waals surface area contributed by atoms with Gasteiger partial charge in [0.15, 0.2) is 5.82 Å². The van der Waals surface area contributed by atoms with Gasteiger partial charge in [-0.3, -0.25) is 9.88 Å². The Morgan fingerprint density at radius 1 is 1.16 bits per heavy atom. The zero-order valence-electron chi connectivity index (χ0n) is 24.0. The lowest BCUT2D eigenvalue weighted by atomic mass is 9.95. The van der Waals surface area contributed by atoms with Gasteiger partial charge >= 0.3 is 6.01 Å². The van der Waals surface area contributed by atoms with Crippen LogP contribution >= 0.6 is 11.6 Å². The molecule has 0 unspecified atom stereocenters. The predicted molar refractivity (Wildman–Crippen MR) is 161 cm³/mol. The second-order valence-electron chi connectivity index (χ2n) is 11.9. The fraction of sp³-hybridized carbons (Fsp3) is 0.375. The van der Waals surface area contributed by atoms with Crippen molar-refractivity contribution in [2.24, 2.45) is 0 Å². The molecular formula is C32H29ClF2N6O3. The first kappa shape index (κ1) is 27.6. The van der Waals surface area contributed by atoms with Crippen LogP contribution < -0.4 is 4.74 Å². The number of aryl methyl sites for hydroxylation is 1. The zero-order valence-corrected chi connectivity index (χ0v) is 24.7. The highest BCUT2D eigenvalue weighted by molar-refractivity contribution is 6.37. The molecule has 9 nitrogen and oxygen atoms in total. The van der Waals surface area contributed by atoms with E-state index in [4.69, 9.17) is 26.1 Å². The van der Waals surface area contributed by atoms with E-state index >= 15 is 4.39 Å². The first-order chi connectivity index (χ1) is 21.3. The molecule has 1 aromatic carbocycles. The van der Waals surface area contributed by atoms with Crippen LogP contribution in [-0.2, 0) is 17.9 Å². The van der Waals surface area contributed by atoms with Gasteiger partial charge in [0, 0.05) is 53.8 Å². The lowest BCUT2D eigenvalue weighted by Gasteiger charge is -2.30. The summed E-state index contributed by atoms with van der Waals surface area (Å²) in [6.07, 6.45) is 2.81. The Morgan fingerprint density at radius 3 is 2.93 bits per heavy atom. The molecule has 226 valence electrons. The minimum absolute atomic E-state index is 0.00556. The van der Waals surface area contributed by atoms with Crippen LogP contribution in [0.15, 0.2) is 36.5 Å². The molecule has 0 bridgehead atoms. The summed E-state index contributed by atoms with van der Waals surface area (Å²) in [6, 6.07) is 8.77. The maximum absolute atomic E-state index is 16.8. The van der Waals surface area contributed by atoms with Crippen LogP contribution in [0.5, 0.6) is 11.9 Å². The maximum Gasteiger partial charge on any atom is 0.317 e. The van der Waals surface area contributed by atoms with Crippen LogP contribution in [0, 0.1) is 12.7 Å². The molecule has 8 rings (SSSR count). The lowest BCUT2D eigenvalue weighted by molar-refractivity contribution is 0.0855. The maximum atomic E-state index is 16.8. The molecule has 3 aliphatic heterocycles. The van der Waals surface area contributed by atoms with Crippen LogP contribution in [0.25, 0.3) is 44.5 Å². The molecule has 2 fully saturated rings. The minimum atomic E-state index is -0.908. The molecule has 2 saturated heterocycles. The van der Waals surface area contributed by atoms with Gasteiger partial charge in [-0.2, -0.15) is 9.97 Å². The highest BCUT2D eigenvalue weighted by Gasteiger charge is 2.49. The summed E-state index contributed by atoms with van der Waals surface area (Å²) in [7, 11) is 0. The van der Waals surface area contributed by atoms with E-state index in [2.05, 4.69) is 24.4 Å². The van der Waals surface area contributed by atoms with Crippen molar-refractivity contribution in [3.63, 3.8) is 0 Å². The Hall–Kier alpha value is -3.93. The third-order valence-corrected chi connectivity index (χ3v) is 9.75. The number of pyridine rings is 2. The van der Waals surface area contributed by atoms with Gasteiger partial charge in [-0.15, -0.1) is 0 Å². The van der Waals surface area contributed by atoms with Crippen molar-refractivity contribution < 1.29 is 23.4 Å². The van der Waals surface area contributed by atoms with Gasteiger partial charge in [0.2, 0.25) is 5.88 Å². The molecule has 0 amide bonds. The Balaban J connectivity index is 1.31. The zero-order chi connectivity index (χ0) is 30.2. The SMILES string of the molecule is Cc1ccc2nc(O)cc(-c3ncc4c(-c5ccc6n5CCOC6)nc(OC[C@@]56CCCN5C[C@H](F)C6)nc4c3F)c2c1Cl. The van der Waals surface area contributed by atoms with Crippen molar-refractivity contribution in [3.05, 3.63) is 58.6 Å².